The number of pyridine rings is 1. The molecular weight excluding hydrogens is 164 g/mol. The molecule has 1 rings (SSSR count). The Morgan fingerprint density at radius 3 is 2.85 bits per heavy atom. The number of allylic oxidation sites excluding steroid dienone is 1. The maximum Gasteiger partial charge on any atom is 0.141 e. The second kappa shape index (κ2) is 4.21. The van der Waals surface area contributed by atoms with Gasteiger partial charge in [-0.15, -0.1) is 0 Å². The first kappa shape index (κ1) is 9.19. The number of aliphatic hydroxyl groups excluding tert-OH is 1. The molecule has 0 spiro atoms. The van der Waals surface area contributed by atoms with Gasteiger partial charge in [0.2, 0.25) is 0 Å². The molecule has 13 heavy (non-hydrogen) atoms. The van der Waals surface area contributed by atoms with E-state index in [4.69, 9.17) is 0 Å². The zero-order chi connectivity index (χ0) is 9.68. The average molecular weight is 174 g/mol. The Morgan fingerprint density at radius 1 is 1.62 bits per heavy atom. The van der Waals surface area contributed by atoms with Crippen molar-refractivity contribution in [2.75, 3.05) is 0 Å². The van der Waals surface area contributed by atoms with Gasteiger partial charge < -0.3 is 5.11 Å². The molecule has 0 radical (unpaired) electrons. The molecule has 0 amide bonds. The minimum Gasteiger partial charge on any atom is -0.506 e. The van der Waals surface area contributed by atoms with Gasteiger partial charge in [-0.25, -0.2) is 0 Å². The van der Waals surface area contributed by atoms with Crippen molar-refractivity contribution in [2.45, 2.75) is 0 Å². The molecule has 0 aliphatic rings. The van der Waals surface area contributed by atoms with Crippen LogP contribution in [-0.4, -0.2) is 16.8 Å². The molecule has 1 aromatic rings. The molecule has 3 heteroatoms. The Labute approximate surface area is 76.8 Å². The Balaban J connectivity index is 3.20. The van der Waals surface area contributed by atoms with Gasteiger partial charge in [0.05, 0.1) is 0 Å². The summed E-state index contributed by atoms with van der Waals surface area (Å²) in [6.45, 7) is 6.80. The number of aromatic nitrogens is 1. The molecule has 66 valence electrons. The standard InChI is InChI=1S/C10H10N2O/c1-3-9(13)10(11-2)8-5-4-6-12-7-8/h3-7,13H,1-2H2/b10-9+. The number of rotatable bonds is 3. The van der Waals surface area contributed by atoms with E-state index in [0.29, 0.717) is 5.70 Å². The van der Waals surface area contributed by atoms with Crippen molar-refractivity contribution < 1.29 is 5.11 Å². The van der Waals surface area contributed by atoms with Gasteiger partial charge in [-0.3, -0.25) is 9.98 Å². The van der Waals surface area contributed by atoms with Gasteiger partial charge in [0.25, 0.3) is 0 Å². The highest BCUT2D eigenvalue weighted by Gasteiger charge is 2.02. The molecule has 0 saturated heterocycles. The summed E-state index contributed by atoms with van der Waals surface area (Å²) in [6, 6.07) is 3.55. The van der Waals surface area contributed by atoms with Gasteiger partial charge in [-0.1, -0.05) is 6.58 Å². The van der Waals surface area contributed by atoms with Crippen LogP contribution in [0.3, 0.4) is 0 Å². The first-order chi connectivity index (χ1) is 6.29. The van der Waals surface area contributed by atoms with Crippen molar-refractivity contribution in [2.24, 2.45) is 4.99 Å². The molecular formula is C10H10N2O. The second-order valence-corrected chi connectivity index (χ2v) is 2.34. The predicted molar refractivity (Wildman–Crippen MR) is 53.5 cm³/mol. The summed E-state index contributed by atoms with van der Waals surface area (Å²) in [4.78, 5) is 7.60. The SMILES string of the molecule is C=C/C(O)=C(\N=C)c1cccnc1. The van der Waals surface area contributed by atoms with Gasteiger partial charge in [-0.2, -0.15) is 0 Å². The highest BCUT2D eigenvalue weighted by atomic mass is 16.3. The lowest BCUT2D eigenvalue weighted by atomic mass is 10.2. The van der Waals surface area contributed by atoms with Crippen LogP contribution in [0.25, 0.3) is 5.70 Å². The van der Waals surface area contributed by atoms with Crippen LogP contribution < -0.4 is 0 Å². The molecule has 0 unspecified atom stereocenters. The molecule has 0 fully saturated rings. The summed E-state index contributed by atoms with van der Waals surface area (Å²) in [5, 5.41) is 9.37. The van der Waals surface area contributed by atoms with Crippen molar-refractivity contribution in [1.82, 2.24) is 4.98 Å². The largest absolute Gasteiger partial charge is 0.506 e. The van der Waals surface area contributed by atoms with E-state index in [1.54, 1.807) is 24.5 Å². The summed E-state index contributed by atoms with van der Waals surface area (Å²) >= 11 is 0. The topological polar surface area (TPSA) is 45.5 Å². The smallest absolute Gasteiger partial charge is 0.141 e. The minimum absolute atomic E-state index is 0.00278. The maximum atomic E-state index is 9.37. The number of aliphatic hydroxyl groups is 1. The second-order valence-electron chi connectivity index (χ2n) is 2.34. The molecule has 0 saturated carbocycles. The van der Waals surface area contributed by atoms with Gasteiger partial charge in [0.15, 0.2) is 0 Å². The van der Waals surface area contributed by atoms with Crippen LogP contribution in [-0.2, 0) is 0 Å². The van der Waals surface area contributed by atoms with Crippen LogP contribution in [0.2, 0.25) is 0 Å². The lowest BCUT2D eigenvalue weighted by Gasteiger charge is -2.01. The van der Waals surface area contributed by atoms with E-state index in [2.05, 4.69) is 23.3 Å². The predicted octanol–water partition coefficient (Wildman–Crippen LogP) is 2.19. The highest BCUT2D eigenvalue weighted by Crippen LogP contribution is 2.17. The lowest BCUT2D eigenvalue weighted by Crippen LogP contribution is -1.86. The van der Waals surface area contributed by atoms with E-state index >= 15 is 0 Å². The lowest BCUT2D eigenvalue weighted by molar-refractivity contribution is 0.434. The van der Waals surface area contributed by atoms with Crippen LogP contribution >= 0.6 is 0 Å². The Kier molecular flexibility index (Phi) is 2.97. The van der Waals surface area contributed by atoms with Crippen molar-refractivity contribution in [3.8, 4) is 0 Å². The summed E-state index contributed by atoms with van der Waals surface area (Å²) < 4.78 is 0. The fourth-order valence-corrected chi connectivity index (χ4v) is 0.920. The molecule has 1 heterocycles. The quantitative estimate of drug-likeness (QED) is 0.433. The minimum atomic E-state index is 0.00278. The van der Waals surface area contributed by atoms with Crippen molar-refractivity contribution in [3.63, 3.8) is 0 Å². The van der Waals surface area contributed by atoms with E-state index in [1.807, 2.05) is 0 Å². The molecule has 0 bridgehead atoms. The highest BCUT2D eigenvalue weighted by molar-refractivity contribution is 5.70. The monoisotopic (exact) mass is 174 g/mol. The number of hydrogen-bond acceptors (Lipinski definition) is 3. The van der Waals surface area contributed by atoms with E-state index in [0.717, 1.165) is 5.56 Å². The molecule has 0 aliphatic heterocycles. The van der Waals surface area contributed by atoms with E-state index in [1.165, 1.54) is 6.08 Å². The zero-order valence-corrected chi connectivity index (χ0v) is 7.14. The molecule has 3 nitrogen and oxygen atoms in total. The zero-order valence-electron chi connectivity index (χ0n) is 7.14. The summed E-state index contributed by atoms with van der Waals surface area (Å²) in [5.41, 5.74) is 1.11. The van der Waals surface area contributed by atoms with E-state index in [-0.39, 0.29) is 5.76 Å². The molecule has 0 aromatic carbocycles. The van der Waals surface area contributed by atoms with Crippen LogP contribution in [0.5, 0.6) is 0 Å². The normalized spacial score (nSPS) is 11.7. The van der Waals surface area contributed by atoms with Crippen LogP contribution in [0.4, 0.5) is 0 Å². The van der Waals surface area contributed by atoms with Crippen LogP contribution in [0.15, 0.2) is 47.9 Å². The molecule has 0 aliphatic carbocycles. The number of hydrogen-bond donors (Lipinski definition) is 1. The molecule has 1 aromatic heterocycles. The molecule has 1 N–H and O–H groups in total. The third-order valence-electron chi connectivity index (χ3n) is 1.53. The average Bonchev–Trinajstić information content (AvgIpc) is 2.20. The fraction of sp³-hybridized carbons (Fsp3) is 0. The van der Waals surface area contributed by atoms with Crippen molar-refractivity contribution in [3.05, 3.63) is 48.5 Å². The summed E-state index contributed by atoms with van der Waals surface area (Å²) in [6.07, 6.45) is 4.57. The first-order valence-electron chi connectivity index (χ1n) is 3.72. The Bertz CT molecular complexity index is 341. The van der Waals surface area contributed by atoms with Crippen LogP contribution in [0.1, 0.15) is 5.56 Å². The van der Waals surface area contributed by atoms with Crippen molar-refractivity contribution in [1.29, 1.82) is 0 Å². The summed E-state index contributed by atoms with van der Waals surface area (Å²) in [7, 11) is 0. The molecule has 0 atom stereocenters. The Morgan fingerprint density at radius 2 is 2.38 bits per heavy atom. The number of nitrogens with zero attached hydrogens (tertiary/aromatic N) is 2. The third-order valence-corrected chi connectivity index (χ3v) is 1.53. The maximum absolute atomic E-state index is 9.37. The van der Waals surface area contributed by atoms with Gasteiger partial charge >= 0.3 is 0 Å². The van der Waals surface area contributed by atoms with Crippen LogP contribution in [0, 0.1) is 0 Å². The van der Waals surface area contributed by atoms with Gasteiger partial charge in [0, 0.05) is 18.0 Å². The van der Waals surface area contributed by atoms with E-state index < -0.39 is 0 Å². The Hall–Kier alpha value is -1.90. The fourth-order valence-electron chi connectivity index (χ4n) is 0.920. The van der Waals surface area contributed by atoms with Crippen molar-refractivity contribution >= 4 is 12.4 Å². The first-order valence-corrected chi connectivity index (χ1v) is 3.72. The number of aliphatic imine (C=N–C) groups is 1. The third kappa shape index (κ3) is 2.02. The summed E-state index contributed by atoms with van der Waals surface area (Å²) in [5.74, 6) is 0.00278. The van der Waals surface area contributed by atoms with Gasteiger partial charge in [-0.05, 0) is 24.9 Å². The van der Waals surface area contributed by atoms with Gasteiger partial charge in [0.1, 0.15) is 11.5 Å². The van der Waals surface area contributed by atoms with E-state index in [9.17, 15) is 5.11 Å².